The van der Waals surface area contributed by atoms with E-state index in [2.05, 4.69) is 15.6 Å². The number of rotatable bonds is 7. The quantitative estimate of drug-likeness (QED) is 0.614. The summed E-state index contributed by atoms with van der Waals surface area (Å²) < 4.78 is 10.9. The van der Waals surface area contributed by atoms with Crippen molar-refractivity contribution in [3.8, 4) is 22.8 Å². The zero-order chi connectivity index (χ0) is 19.9. The minimum Gasteiger partial charge on any atom is -0.435 e. The number of nitrogens with one attached hydrogen (secondary N) is 2. The Balaban J connectivity index is 1.96. The second-order valence-corrected chi connectivity index (χ2v) is 6.07. The van der Waals surface area contributed by atoms with Gasteiger partial charge in [-0.05, 0) is 36.4 Å². The third-order valence-electron chi connectivity index (χ3n) is 3.92. The van der Waals surface area contributed by atoms with Gasteiger partial charge in [-0.1, -0.05) is 18.2 Å². The van der Waals surface area contributed by atoms with Crippen molar-refractivity contribution >= 4 is 17.5 Å². The molecule has 0 radical (unpaired) electrons. The van der Waals surface area contributed by atoms with Gasteiger partial charge >= 0.3 is 0 Å². The molecule has 2 aromatic carbocycles. The normalized spacial score (nSPS) is 10.5. The van der Waals surface area contributed by atoms with Gasteiger partial charge in [-0.2, -0.15) is 0 Å². The van der Waals surface area contributed by atoms with Gasteiger partial charge < -0.3 is 19.8 Å². The van der Waals surface area contributed by atoms with Crippen LogP contribution < -0.4 is 10.6 Å². The fraction of sp³-hybridized carbons (Fsp3) is 0.190. The lowest BCUT2D eigenvalue weighted by molar-refractivity contribution is -0.114. The molecule has 0 bridgehead atoms. The number of nitrogens with zero attached hydrogens (tertiary/aromatic N) is 1. The number of oxazole rings is 1. The van der Waals surface area contributed by atoms with Crippen LogP contribution >= 0.6 is 0 Å². The maximum Gasteiger partial charge on any atom is 0.274 e. The first-order valence-electron chi connectivity index (χ1n) is 8.80. The number of hydrogen-bond acceptors (Lipinski definition) is 5. The predicted octanol–water partition coefficient (Wildman–Crippen LogP) is 3.34. The Morgan fingerprint density at radius 2 is 1.75 bits per heavy atom. The average molecular weight is 379 g/mol. The summed E-state index contributed by atoms with van der Waals surface area (Å²) in [7, 11) is 1.57. The molecule has 2 amide bonds. The average Bonchev–Trinajstić information content (AvgIpc) is 3.14. The minimum atomic E-state index is -0.344. The van der Waals surface area contributed by atoms with Gasteiger partial charge in [0.15, 0.2) is 11.5 Å². The number of carbonyl (C=O) groups is 2. The van der Waals surface area contributed by atoms with Crippen LogP contribution in [0.25, 0.3) is 22.8 Å². The molecule has 3 aromatic rings. The summed E-state index contributed by atoms with van der Waals surface area (Å²) >= 11 is 0. The Labute approximate surface area is 162 Å². The zero-order valence-corrected chi connectivity index (χ0v) is 15.7. The Morgan fingerprint density at radius 3 is 2.39 bits per heavy atom. The van der Waals surface area contributed by atoms with Crippen LogP contribution in [0.3, 0.4) is 0 Å². The molecule has 0 aliphatic rings. The number of hydrogen-bond donors (Lipinski definition) is 2. The third-order valence-corrected chi connectivity index (χ3v) is 3.92. The fourth-order valence-corrected chi connectivity index (χ4v) is 2.63. The second kappa shape index (κ2) is 8.96. The highest BCUT2D eigenvalue weighted by atomic mass is 16.5. The topological polar surface area (TPSA) is 93.5 Å². The van der Waals surface area contributed by atoms with Crippen LogP contribution in [-0.4, -0.2) is 37.1 Å². The van der Waals surface area contributed by atoms with Crippen LogP contribution in [0.15, 0.2) is 59.0 Å². The van der Waals surface area contributed by atoms with E-state index in [0.717, 1.165) is 5.56 Å². The molecular weight excluding hydrogens is 358 g/mol. The number of ether oxygens (including phenoxy) is 1. The van der Waals surface area contributed by atoms with Crippen LogP contribution in [0.2, 0.25) is 0 Å². The molecular formula is C21H21N3O4. The zero-order valence-electron chi connectivity index (χ0n) is 15.7. The molecule has 144 valence electrons. The molecule has 0 aliphatic heterocycles. The fourth-order valence-electron chi connectivity index (χ4n) is 2.63. The van der Waals surface area contributed by atoms with Crippen LogP contribution in [0.1, 0.15) is 17.4 Å². The molecule has 0 saturated carbocycles. The van der Waals surface area contributed by atoms with Gasteiger partial charge in [-0.25, -0.2) is 4.98 Å². The Kier molecular flexibility index (Phi) is 6.18. The monoisotopic (exact) mass is 379 g/mol. The summed E-state index contributed by atoms with van der Waals surface area (Å²) in [5.41, 5.74) is 2.31. The first-order valence-corrected chi connectivity index (χ1v) is 8.80. The van der Waals surface area contributed by atoms with Crippen LogP contribution in [-0.2, 0) is 9.53 Å². The Hall–Kier alpha value is -3.45. The SMILES string of the molecule is COCCNC(=O)c1nc(-c2ccccc2)oc1-c1ccc(NC(C)=O)cc1. The van der Waals surface area contributed by atoms with E-state index in [1.807, 2.05) is 30.3 Å². The standard InChI is InChI=1S/C21H21N3O4/c1-14(25)23-17-10-8-15(9-11-17)19-18(20(26)22-12-13-27-2)24-21(28-19)16-6-4-3-5-7-16/h3-11H,12-13H2,1-2H3,(H,22,26)(H,23,25). The summed E-state index contributed by atoms with van der Waals surface area (Å²) in [5.74, 6) is 0.225. The van der Waals surface area contributed by atoms with Crippen LogP contribution in [0, 0.1) is 0 Å². The first-order chi connectivity index (χ1) is 13.6. The molecule has 1 heterocycles. The molecule has 28 heavy (non-hydrogen) atoms. The molecule has 0 aliphatic carbocycles. The van der Waals surface area contributed by atoms with E-state index in [1.165, 1.54) is 6.92 Å². The van der Waals surface area contributed by atoms with Crippen molar-refractivity contribution in [1.82, 2.24) is 10.3 Å². The van der Waals surface area contributed by atoms with Crippen molar-refractivity contribution in [3.63, 3.8) is 0 Å². The lowest BCUT2D eigenvalue weighted by Crippen LogP contribution is -2.27. The number of anilines is 1. The molecule has 7 heteroatoms. The van der Waals surface area contributed by atoms with E-state index >= 15 is 0 Å². The lowest BCUT2D eigenvalue weighted by atomic mass is 10.1. The number of benzene rings is 2. The summed E-state index contributed by atoms with van der Waals surface area (Å²) in [5, 5.41) is 5.48. The van der Waals surface area contributed by atoms with Crippen molar-refractivity contribution in [2.75, 3.05) is 25.6 Å². The van der Waals surface area contributed by atoms with Crippen LogP contribution in [0.4, 0.5) is 5.69 Å². The molecule has 2 N–H and O–H groups in total. The highest BCUT2D eigenvalue weighted by Gasteiger charge is 2.22. The van der Waals surface area contributed by atoms with Gasteiger partial charge in [0, 0.05) is 37.4 Å². The molecule has 0 saturated heterocycles. The van der Waals surface area contributed by atoms with Gasteiger partial charge in [0.2, 0.25) is 11.8 Å². The maximum absolute atomic E-state index is 12.6. The van der Waals surface area contributed by atoms with Crippen molar-refractivity contribution in [2.45, 2.75) is 6.92 Å². The predicted molar refractivity (Wildman–Crippen MR) is 106 cm³/mol. The Bertz CT molecular complexity index is 950. The molecule has 0 fully saturated rings. The van der Waals surface area contributed by atoms with Gasteiger partial charge in [-0.15, -0.1) is 0 Å². The van der Waals surface area contributed by atoms with Crippen molar-refractivity contribution < 1.29 is 18.7 Å². The number of methoxy groups -OCH3 is 1. The summed E-state index contributed by atoms with van der Waals surface area (Å²) in [6.07, 6.45) is 0. The van der Waals surface area contributed by atoms with E-state index in [-0.39, 0.29) is 17.5 Å². The molecule has 0 atom stereocenters. The van der Waals surface area contributed by atoms with Gasteiger partial charge in [-0.3, -0.25) is 9.59 Å². The van der Waals surface area contributed by atoms with Crippen LogP contribution in [0.5, 0.6) is 0 Å². The first kappa shape index (κ1) is 19.3. The molecule has 3 rings (SSSR count). The van der Waals surface area contributed by atoms with Gasteiger partial charge in [0.05, 0.1) is 6.61 Å². The van der Waals surface area contributed by atoms with E-state index in [1.54, 1.807) is 31.4 Å². The summed E-state index contributed by atoms with van der Waals surface area (Å²) in [6, 6.07) is 16.4. The minimum absolute atomic E-state index is 0.156. The maximum atomic E-state index is 12.6. The largest absolute Gasteiger partial charge is 0.435 e. The van der Waals surface area contributed by atoms with Crippen molar-refractivity contribution in [1.29, 1.82) is 0 Å². The van der Waals surface area contributed by atoms with Crippen molar-refractivity contribution in [3.05, 3.63) is 60.3 Å². The Morgan fingerprint density at radius 1 is 1.04 bits per heavy atom. The smallest absolute Gasteiger partial charge is 0.274 e. The molecule has 1 aromatic heterocycles. The van der Waals surface area contributed by atoms with E-state index in [0.29, 0.717) is 36.1 Å². The lowest BCUT2D eigenvalue weighted by Gasteiger charge is -2.05. The van der Waals surface area contributed by atoms with Crippen molar-refractivity contribution in [2.24, 2.45) is 0 Å². The molecule has 0 spiro atoms. The number of amides is 2. The highest BCUT2D eigenvalue weighted by molar-refractivity contribution is 5.98. The number of carbonyl (C=O) groups excluding carboxylic acids is 2. The summed E-state index contributed by atoms with van der Waals surface area (Å²) in [4.78, 5) is 28.2. The number of aromatic nitrogens is 1. The van der Waals surface area contributed by atoms with Gasteiger partial charge in [0.1, 0.15) is 0 Å². The summed E-state index contributed by atoms with van der Waals surface area (Å²) in [6.45, 7) is 2.21. The molecule has 0 unspecified atom stereocenters. The van der Waals surface area contributed by atoms with E-state index < -0.39 is 0 Å². The highest BCUT2D eigenvalue weighted by Crippen LogP contribution is 2.30. The second-order valence-electron chi connectivity index (χ2n) is 6.07. The van der Waals surface area contributed by atoms with E-state index in [9.17, 15) is 9.59 Å². The molecule has 7 nitrogen and oxygen atoms in total. The van der Waals surface area contributed by atoms with Gasteiger partial charge in [0.25, 0.3) is 5.91 Å². The van der Waals surface area contributed by atoms with E-state index in [4.69, 9.17) is 9.15 Å². The third kappa shape index (κ3) is 4.63.